The molecule has 0 aliphatic carbocycles. The molecule has 2 aromatic carbocycles. The highest BCUT2D eigenvalue weighted by molar-refractivity contribution is 7.80. The Hall–Kier alpha value is -3.21. The Labute approximate surface area is 216 Å². The Bertz CT molecular complexity index is 972. The standard InChI is InChI=1S/C24H29N3O6S.ClH/c1-31-22(28)17-12-18(23(29)32-2)14-19(13-17)26-21(34)20(10-6-7-11-25)27-24(30)33-15-16-8-4-3-5-9-16;/h3-5,8-9,12-14,20H,6-7,10-11,15,25H2,1-2H3,(H,26,34)(H,27,30);1H/t20-;/m0./s1. The number of nitrogens with two attached hydrogens (primary N) is 1. The Kier molecular flexibility index (Phi) is 13.3. The van der Waals surface area contributed by atoms with Gasteiger partial charge in [-0.15, -0.1) is 12.4 Å². The lowest BCUT2D eigenvalue weighted by Gasteiger charge is -2.21. The smallest absolute Gasteiger partial charge is 0.408 e. The second-order valence-corrected chi connectivity index (χ2v) is 7.75. The van der Waals surface area contributed by atoms with Gasteiger partial charge in [-0.05, 0) is 49.6 Å². The zero-order chi connectivity index (χ0) is 24.9. The maximum Gasteiger partial charge on any atom is 0.408 e. The average molecular weight is 524 g/mol. The first-order chi connectivity index (χ1) is 16.4. The van der Waals surface area contributed by atoms with Crippen molar-refractivity contribution in [2.24, 2.45) is 5.73 Å². The molecule has 1 amide bonds. The molecule has 0 saturated heterocycles. The molecule has 11 heteroatoms. The molecule has 0 aromatic heterocycles. The number of rotatable bonds is 11. The van der Waals surface area contributed by atoms with Crippen molar-refractivity contribution in [3.05, 3.63) is 65.2 Å². The van der Waals surface area contributed by atoms with E-state index in [9.17, 15) is 14.4 Å². The molecule has 0 heterocycles. The summed E-state index contributed by atoms with van der Waals surface area (Å²) in [6, 6.07) is 13.1. The molecule has 2 rings (SSSR count). The monoisotopic (exact) mass is 523 g/mol. The fourth-order valence-electron chi connectivity index (χ4n) is 3.07. The number of anilines is 1. The summed E-state index contributed by atoms with van der Waals surface area (Å²) in [7, 11) is 2.48. The Balaban J connectivity index is 0.00000612. The van der Waals surface area contributed by atoms with Crippen molar-refractivity contribution in [2.45, 2.75) is 31.9 Å². The van der Waals surface area contributed by atoms with Gasteiger partial charge in [0.2, 0.25) is 0 Å². The number of amides is 1. The van der Waals surface area contributed by atoms with Crippen LogP contribution in [0.15, 0.2) is 48.5 Å². The quantitative estimate of drug-likeness (QED) is 0.174. The molecule has 35 heavy (non-hydrogen) atoms. The van der Waals surface area contributed by atoms with Gasteiger partial charge in [0, 0.05) is 5.69 Å². The summed E-state index contributed by atoms with van der Waals surface area (Å²) in [6.45, 7) is 0.626. The summed E-state index contributed by atoms with van der Waals surface area (Å²) in [5.74, 6) is -1.25. The van der Waals surface area contributed by atoms with E-state index in [0.29, 0.717) is 18.7 Å². The molecule has 4 N–H and O–H groups in total. The van der Waals surface area contributed by atoms with E-state index in [2.05, 4.69) is 10.6 Å². The van der Waals surface area contributed by atoms with E-state index in [1.807, 2.05) is 30.3 Å². The Morgan fingerprint density at radius 3 is 2.11 bits per heavy atom. The van der Waals surface area contributed by atoms with Crippen LogP contribution in [0.4, 0.5) is 10.5 Å². The van der Waals surface area contributed by atoms with Gasteiger partial charge in [-0.25, -0.2) is 14.4 Å². The lowest BCUT2D eigenvalue weighted by molar-refractivity contribution is 0.0599. The number of halogens is 1. The number of carbonyl (C=O) groups is 3. The number of thiocarbonyl (C=S) groups is 1. The third kappa shape index (κ3) is 9.89. The summed E-state index contributed by atoms with van der Waals surface area (Å²) >= 11 is 5.53. The van der Waals surface area contributed by atoms with Crippen molar-refractivity contribution < 1.29 is 28.6 Å². The molecule has 0 bridgehead atoms. The van der Waals surface area contributed by atoms with E-state index in [1.54, 1.807) is 0 Å². The minimum absolute atomic E-state index is 0. The van der Waals surface area contributed by atoms with Crippen LogP contribution in [-0.4, -0.2) is 49.8 Å². The van der Waals surface area contributed by atoms with Gasteiger partial charge < -0.3 is 30.6 Å². The van der Waals surface area contributed by atoms with Gasteiger partial charge in [-0.3, -0.25) is 0 Å². The normalized spacial score (nSPS) is 10.8. The molecule has 0 aliphatic rings. The summed E-state index contributed by atoms with van der Waals surface area (Å²) < 4.78 is 14.8. The molecule has 0 radical (unpaired) electrons. The number of unbranched alkanes of at least 4 members (excludes halogenated alkanes) is 1. The molecule has 0 spiro atoms. The molecule has 190 valence electrons. The number of methoxy groups -OCH3 is 2. The molecule has 0 aliphatic heterocycles. The van der Waals surface area contributed by atoms with Gasteiger partial charge in [0.15, 0.2) is 0 Å². The minimum atomic E-state index is -0.623. The maximum absolute atomic E-state index is 12.4. The van der Waals surface area contributed by atoms with Crippen LogP contribution < -0.4 is 16.4 Å². The van der Waals surface area contributed by atoms with Crippen LogP contribution in [0.5, 0.6) is 0 Å². The topological polar surface area (TPSA) is 129 Å². The van der Waals surface area contributed by atoms with Crippen LogP contribution in [0, 0.1) is 0 Å². The highest BCUT2D eigenvalue weighted by Crippen LogP contribution is 2.18. The molecule has 1 atom stereocenters. The van der Waals surface area contributed by atoms with Gasteiger partial charge >= 0.3 is 18.0 Å². The number of nitrogens with one attached hydrogen (secondary N) is 2. The number of carbonyl (C=O) groups excluding carboxylic acids is 3. The molecular weight excluding hydrogens is 494 g/mol. The Morgan fingerprint density at radius 2 is 1.57 bits per heavy atom. The van der Waals surface area contributed by atoms with Crippen molar-refractivity contribution in [3.8, 4) is 0 Å². The molecule has 9 nitrogen and oxygen atoms in total. The van der Waals surface area contributed by atoms with E-state index in [0.717, 1.165) is 18.4 Å². The van der Waals surface area contributed by atoms with Crippen molar-refractivity contribution in [1.29, 1.82) is 0 Å². The number of hydrogen-bond acceptors (Lipinski definition) is 8. The Morgan fingerprint density at radius 1 is 0.971 bits per heavy atom. The molecule has 2 aromatic rings. The highest BCUT2D eigenvalue weighted by atomic mass is 35.5. The van der Waals surface area contributed by atoms with Crippen LogP contribution in [-0.2, 0) is 20.8 Å². The van der Waals surface area contributed by atoms with Crippen molar-refractivity contribution in [1.82, 2.24) is 5.32 Å². The maximum atomic E-state index is 12.4. The van der Waals surface area contributed by atoms with E-state index in [-0.39, 0.29) is 35.1 Å². The fourth-order valence-corrected chi connectivity index (χ4v) is 3.36. The largest absolute Gasteiger partial charge is 0.465 e. The molecule has 0 saturated carbocycles. The second-order valence-electron chi connectivity index (χ2n) is 7.31. The average Bonchev–Trinajstić information content (AvgIpc) is 2.86. The van der Waals surface area contributed by atoms with Crippen LogP contribution in [0.1, 0.15) is 45.5 Å². The van der Waals surface area contributed by atoms with Crippen LogP contribution in [0.25, 0.3) is 0 Å². The van der Waals surface area contributed by atoms with Crippen LogP contribution in [0.3, 0.4) is 0 Å². The number of benzene rings is 2. The number of esters is 2. The third-order valence-electron chi connectivity index (χ3n) is 4.81. The van der Waals surface area contributed by atoms with Crippen molar-refractivity contribution >= 4 is 53.3 Å². The van der Waals surface area contributed by atoms with Crippen LogP contribution in [0.2, 0.25) is 0 Å². The van der Waals surface area contributed by atoms with Gasteiger partial charge in [-0.2, -0.15) is 0 Å². The van der Waals surface area contributed by atoms with Gasteiger partial charge in [-0.1, -0.05) is 42.5 Å². The van der Waals surface area contributed by atoms with Gasteiger partial charge in [0.1, 0.15) is 11.6 Å². The van der Waals surface area contributed by atoms with Crippen molar-refractivity contribution in [3.63, 3.8) is 0 Å². The lowest BCUT2D eigenvalue weighted by Crippen LogP contribution is -2.43. The first-order valence-corrected chi connectivity index (χ1v) is 11.1. The molecule has 0 fully saturated rings. The van der Waals surface area contributed by atoms with E-state index in [4.69, 9.17) is 32.2 Å². The van der Waals surface area contributed by atoms with Crippen molar-refractivity contribution in [2.75, 3.05) is 26.1 Å². The van der Waals surface area contributed by atoms with E-state index < -0.39 is 24.1 Å². The second kappa shape index (κ2) is 15.6. The SMILES string of the molecule is COC(=O)c1cc(NC(=S)[C@H](CCCCN)NC(=O)OCc2ccccc2)cc(C(=O)OC)c1.Cl. The predicted octanol–water partition coefficient (Wildman–Crippen LogP) is 3.84. The summed E-state index contributed by atoms with van der Waals surface area (Å²) in [6.07, 6.45) is 1.37. The zero-order valence-electron chi connectivity index (χ0n) is 19.6. The minimum Gasteiger partial charge on any atom is -0.465 e. The first kappa shape index (κ1) is 29.8. The van der Waals surface area contributed by atoms with E-state index >= 15 is 0 Å². The predicted molar refractivity (Wildman–Crippen MR) is 139 cm³/mol. The summed E-state index contributed by atoms with van der Waals surface area (Å²) in [5, 5.41) is 5.78. The van der Waals surface area contributed by atoms with Gasteiger partial charge in [0.25, 0.3) is 0 Å². The summed E-state index contributed by atoms with van der Waals surface area (Å²) in [5.41, 5.74) is 7.11. The molecular formula is C24H30ClN3O6S. The summed E-state index contributed by atoms with van der Waals surface area (Å²) in [4.78, 5) is 36.8. The number of hydrogen-bond donors (Lipinski definition) is 3. The third-order valence-corrected chi connectivity index (χ3v) is 5.20. The highest BCUT2D eigenvalue weighted by Gasteiger charge is 2.20. The zero-order valence-corrected chi connectivity index (χ0v) is 21.2. The first-order valence-electron chi connectivity index (χ1n) is 10.7. The van der Waals surface area contributed by atoms with Gasteiger partial charge in [0.05, 0.1) is 31.4 Å². The fraction of sp³-hybridized carbons (Fsp3) is 0.333. The number of alkyl carbamates (subject to hydrolysis) is 1. The lowest BCUT2D eigenvalue weighted by atomic mass is 10.1. The number of ether oxygens (including phenoxy) is 3. The molecule has 0 unspecified atom stereocenters. The van der Waals surface area contributed by atoms with E-state index in [1.165, 1.54) is 32.4 Å². The van der Waals surface area contributed by atoms with Crippen LogP contribution >= 0.6 is 24.6 Å².